The van der Waals surface area contributed by atoms with E-state index < -0.39 is 5.91 Å². The van der Waals surface area contributed by atoms with Gasteiger partial charge in [0.05, 0.1) is 36.9 Å². The molecule has 1 aliphatic rings. The van der Waals surface area contributed by atoms with Gasteiger partial charge in [-0.2, -0.15) is 0 Å². The lowest BCUT2D eigenvalue weighted by atomic mass is 10.1. The fourth-order valence-electron chi connectivity index (χ4n) is 3.85. The second kappa shape index (κ2) is 10.1. The van der Waals surface area contributed by atoms with Crippen molar-refractivity contribution in [3.63, 3.8) is 0 Å². The molecule has 0 radical (unpaired) electrons. The zero-order valence-electron chi connectivity index (χ0n) is 17.9. The smallest absolute Gasteiger partial charge is 0.255 e. The number of nitrogens with zero attached hydrogens (tertiary/aromatic N) is 4. The number of hydrogen-bond acceptors (Lipinski definition) is 8. The van der Waals surface area contributed by atoms with Crippen molar-refractivity contribution < 1.29 is 14.3 Å². The molecule has 166 valence electrons. The molecule has 1 atom stereocenters. The average Bonchev–Trinajstić information content (AvgIpc) is 3.27. The topological polar surface area (TPSA) is 115 Å². The third kappa shape index (κ3) is 5.30. The molecule has 32 heavy (non-hydrogen) atoms. The van der Waals surface area contributed by atoms with Gasteiger partial charge >= 0.3 is 0 Å². The lowest BCUT2D eigenvalue weighted by Gasteiger charge is -2.24. The molecule has 9 nitrogen and oxygen atoms in total. The summed E-state index contributed by atoms with van der Waals surface area (Å²) < 4.78 is 10.9. The Morgan fingerprint density at radius 2 is 2.09 bits per heavy atom. The number of benzene rings is 1. The van der Waals surface area contributed by atoms with Crippen molar-refractivity contribution in [3.05, 3.63) is 66.4 Å². The molecule has 1 fully saturated rings. The number of primary amides is 1. The number of carbonyl (C=O) groups excluding carboxylic acids is 1. The number of ether oxygens (including phenoxy) is 2. The molecule has 9 heteroatoms. The van der Waals surface area contributed by atoms with E-state index in [9.17, 15) is 4.79 Å². The molecule has 0 saturated carbocycles. The van der Waals surface area contributed by atoms with E-state index >= 15 is 0 Å². The van der Waals surface area contributed by atoms with Crippen LogP contribution in [0.5, 0.6) is 11.5 Å². The Balaban J connectivity index is 1.43. The van der Waals surface area contributed by atoms with Crippen LogP contribution in [-0.4, -0.2) is 46.0 Å². The molecule has 2 aromatic heterocycles. The SMILES string of the molecule is COc1cc(CN2CCC[C@@H]2c2ccc(Nc3cnccn3)cn2)ccc1OCC(N)=O. The van der Waals surface area contributed by atoms with Crippen LogP contribution < -0.4 is 20.5 Å². The van der Waals surface area contributed by atoms with Crippen molar-refractivity contribution in [1.29, 1.82) is 0 Å². The lowest BCUT2D eigenvalue weighted by molar-refractivity contribution is -0.119. The number of rotatable bonds is 9. The van der Waals surface area contributed by atoms with Crippen molar-refractivity contribution in [2.24, 2.45) is 5.73 Å². The summed E-state index contributed by atoms with van der Waals surface area (Å²) in [5, 5.41) is 3.20. The minimum atomic E-state index is -0.526. The molecule has 1 aliphatic heterocycles. The van der Waals surface area contributed by atoms with Crippen LogP contribution >= 0.6 is 0 Å². The molecule has 3 N–H and O–H groups in total. The van der Waals surface area contributed by atoms with Crippen LogP contribution in [-0.2, 0) is 11.3 Å². The first-order valence-corrected chi connectivity index (χ1v) is 10.4. The Labute approximate surface area is 186 Å². The van der Waals surface area contributed by atoms with E-state index in [0.29, 0.717) is 17.3 Å². The van der Waals surface area contributed by atoms with Gasteiger partial charge in [-0.3, -0.25) is 19.7 Å². The summed E-state index contributed by atoms with van der Waals surface area (Å²) in [4.78, 5) is 26.4. The van der Waals surface area contributed by atoms with Gasteiger partial charge < -0.3 is 20.5 Å². The Hall–Kier alpha value is -3.72. The fourth-order valence-corrected chi connectivity index (χ4v) is 3.85. The van der Waals surface area contributed by atoms with E-state index in [1.165, 1.54) is 0 Å². The Bertz CT molecular complexity index is 1050. The Morgan fingerprint density at radius 3 is 2.81 bits per heavy atom. The van der Waals surface area contributed by atoms with Crippen molar-refractivity contribution in [2.45, 2.75) is 25.4 Å². The third-order valence-electron chi connectivity index (χ3n) is 5.31. The van der Waals surface area contributed by atoms with Crippen LogP contribution in [0.25, 0.3) is 0 Å². The Morgan fingerprint density at radius 1 is 1.19 bits per heavy atom. The van der Waals surface area contributed by atoms with E-state index in [1.807, 2.05) is 30.5 Å². The molecule has 0 aliphatic carbocycles. The number of anilines is 2. The van der Waals surface area contributed by atoms with Gasteiger partial charge in [0.15, 0.2) is 18.1 Å². The average molecular weight is 435 g/mol. The number of nitrogens with one attached hydrogen (secondary N) is 1. The highest BCUT2D eigenvalue weighted by Gasteiger charge is 2.27. The summed E-state index contributed by atoms with van der Waals surface area (Å²) >= 11 is 0. The monoisotopic (exact) mass is 434 g/mol. The molecule has 1 amide bonds. The zero-order chi connectivity index (χ0) is 22.3. The number of likely N-dealkylation sites (tertiary alicyclic amines) is 1. The maximum Gasteiger partial charge on any atom is 0.255 e. The van der Waals surface area contributed by atoms with E-state index in [1.54, 1.807) is 25.7 Å². The lowest BCUT2D eigenvalue weighted by Crippen LogP contribution is -2.23. The third-order valence-corrected chi connectivity index (χ3v) is 5.31. The van der Waals surface area contributed by atoms with Crippen molar-refractivity contribution in [3.8, 4) is 11.5 Å². The molecule has 4 rings (SSSR count). The van der Waals surface area contributed by atoms with E-state index in [4.69, 9.17) is 20.2 Å². The van der Waals surface area contributed by atoms with Crippen molar-refractivity contribution in [2.75, 3.05) is 25.6 Å². The number of carbonyl (C=O) groups is 1. The maximum atomic E-state index is 11.0. The second-order valence-electron chi connectivity index (χ2n) is 7.56. The minimum Gasteiger partial charge on any atom is -0.493 e. The summed E-state index contributed by atoms with van der Waals surface area (Å²) in [6.07, 6.45) is 8.95. The number of hydrogen-bond donors (Lipinski definition) is 2. The van der Waals surface area contributed by atoms with Gasteiger partial charge in [-0.25, -0.2) is 4.98 Å². The Kier molecular flexibility index (Phi) is 6.76. The van der Waals surface area contributed by atoms with E-state index in [-0.39, 0.29) is 12.6 Å². The number of methoxy groups -OCH3 is 1. The first-order valence-electron chi connectivity index (χ1n) is 10.4. The highest BCUT2D eigenvalue weighted by molar-refractivity contribution is 5.75. The first-order chi connectivity index (χ1) is 15.6. The van der Waals surface area contributed by atoms with Gasteiger partial charge in [0.1, 0.15) is 5.82 Å². The van der Waals surface area contributed by atoms with Crippen LogP contribution in [0.2, 0.25) is 0 Å². The van der Waals surface area contributed by atoms with Crippen molar-refractivity contribution >= 4 is 17.4 Å². The molecular formula is C23H26N6O3. The van der Waals surface area contributed by atoms with Crippen LogP contribution in [0.1, 0.15) is 30.1 Å². The van der Waals surface area contributed by atoms with Gasteiger partial charge in [-0.15, -0.1) is 0 Å². The summed E-state index contributed by atoms with van der Waals surface area (Å²) in [5.41, 5.74) is 8.17. The van der Waals surface area contributed by atoms with Crippen LogP contribution in [0.15, 0.2) is 55.1 Å². The maximum absolute atomic E-state index is 11.0. The molecule has 1 saturated heterocycles. The molecule has 3 aromatic rings. The number of nitrogens with two attached hydrogens (primary N) is 1. The zero-order valence-corrected chi connectivity index (χ0v) is 17.9. The van der Waals surface area contributed by atoms with Crippen LogP contribution in [0.4, 0.5) is 11.5 Å². The van der Waals surface area contributed by atoms with Gasteiger partial charge in [-0.05, 0) is 49.2 Å². The largest absolute Gasteiger partial charge is 0.493 e. The quantitative estimate of drug-likeness (QED) is 0.528. The number of pyridine rings is 1. The molecule has 0 spiro atoms. The van der Waals surface area contributed by atoms with E-state index in [2.05, 4.69) is 26.3 Å². The van der Waals surface area contributed by atoms with Gasteiger partial charge in [0.25, 0.3) is 5.91 Å². The minimum absolute atomic E-state index is 0.183. The van der Waals surface area contributed by atoms with E-state index in [0.717, 1.165) is 42.9 Å². The van der Waals surface area contributed by atoms with Crippen molar-refractivity contribution in [1.82, 2.24) is 19.9 Å². The normalized spacial score (nSPS) is 16.0. The van der Waals surface area contributed by atoms with Gasteiger partial charge in [0, 0.05) is 18.9 Å². The molecular weight excluding hydrogens is 408 g/mol. The van der Waals surface area contributed by atoms with Gasteiger partial charge in [0.2, 0.25) is 0 Å². The molecule has 3 heterocycles. The predicted molar refractivity (Wildman–Crippen MR) is 120 cm³/mol. The second-order valence-corrected chi connectivity index (χ2v) is 7.56. The summed E-state index contributed by atoms with van der Waals surface area (Å²) in [5.74, 6) is 1.24. The fraction of sp³-hybridized carbons (Fsp3) is 0.304. The summed E-state index contributed by atoms with van der Waals surface area (Å²) in [6, 6.07) is 10.1. The highest BCUT2D eigenvalue weighted by atomic mass is 16.5. The van der Waals surface area contributed by atoms with Crippen LogP contribution in [0.3, 0.4) is 0 Å². The summed E-state index contributed by atoms with van der Waals surface area (Å²) in [6.45, 7) is 1.57. The molecule has 1 aromatic carbocycles. The molecule has 0 bridgehead atoms. The molecule has 0 unspecified atom stereocenters. The van der Waals surface area contributed by atoms with Crippen LogP contribution in [0, 0.1) is 0 Å². The number of aromatic nitrogens is 3. The predicted octanol–water partition coefficient (Wildman–Crippen LogP) is 2.83. The standard InChI is InChI=1S/C23H26N6O3/c1-31-21-11-16(4-7-20(21)32-15-22(24)30)14-29-10-2-3-19(29)18-6-5-17(12-27-18)28-23-13-25-8-9-26-23/h4-9,11-13,19H,2-3,10,14-15H2,1H3,(H2,24,30)(H,26,28)/t19-/m1/s1. The van der Waals surface area contributed by atoms with Gasteiger partial charge in [-0.1, -0.05) is 6.07 Å². The number of amides is 1. The highest BCUT2D eigenvalue weighted by Crippen LogP contribution is 2.34. The summed E-state index contributed by atoms with van der Waals surface area (Å²) in [7, 11) is 1.58. The first kappa shape index (κ1) is 21.5.